The van der Waals surface area contributed by atoms with Crippen molar-refractivity contribution in [3.8, 4) is 5.88 Å². The van der Waals surface area contributed by atoms with E-state index < -0.39 is 6.04 Å². The average molecular weight is 251 g/mol. The third kappa shape index (κ3) is 2.51. The lowest BCUT2D eigenvalue weighted by molar-refractivity contribution is -0.119. The maximum absolute atomic E-state index is 11.4. The van der Waals surface area contributed by atoms with Crippen molar-refractivity contribution in [1.82, 2.24) is 15.3 Å². The van der Waals surface area contributed by atoms with Gasteiger partial charge in [-0.3, -0.25) is 4.79 Å². The number of nitrogens with one attached hydrogen (secondary N) is 1. The molecule has 1 saturated heterocycles. The van der Waals surface area contributed by atoms with Crippen molar-refractivity contribution < 1.29 is 9.53 Å². The number of hydrogen-bond acceptors (Lipinski definition) is 6. The highest BCUT2D eigenvalue weighted by Crippen LogP contribution is 2.18. The van der Waals surface area contributed by atoms with Crippen molar-refractivity contribution in [3.05, 3.63) is 11.8 Å². The zero-order chi connectivity index (χ0) is 13.1. The molecular weight excluding hydrogens is 234 g/mol. The minimum atomic E-state index is -0.426. The Labute approximate surface area is 105 Å². The molecule has 18 heavy (non-hydrogen) atoms. The van der Waals surface area contributed by atoms with Gasteiger partial charge in [-0.15, -0.1) is 0 Å². The number of rotatable bonds is 3. The number of primary amides is 1. The first kappa shape index (κ1) is 12.6. The summed E-state index contributed by atoms with van der Waals surface area (Å²) in [4.78, 5) is 21.8. The van der Waals surface area contributed by atoms with E-state index in [0.29, 0.717) is 24.9 Å². The van der Waals surface area contributed by atoms with Gasteiger partial charge >= 0.3 is 0 Å². The van der Waals surface area contributed by atoms with E-state index in [4.69, 9.17) is 10.5 Å². The van der Waals surface area contributed by atoms with Crippen molar-refractivity contribution in [2.24, 2.45) is 5.73 Å². The third-order valence-electron chi connectivity index (χ3n) is 2.86. The molecule has 0 aromatic carbocycles. The van der Waals surface area contributed by atoms with E-state index >= 15 is 0 Å². The van der Waals surface area contributed by atoms with Crippen LogP contribution in [0.15, 0.2) is 6.07 Å². The van der Waals surface area contributed by atoms with Gasteiger partial charge in [-0.25, -0.2) is 4.98 Å². The Morgan fingerprint density at radius 1 is 1.61 bits per heavy atom. The number of carbonyl (C=O) groups excluding carboxylic acids is 1. The minimum Gasteiger partial charge on any atom is -0.481 e. The summed E-state index contributed by atoms with van der Waals surface area (Å²) in [6.45, 7) is 3.77. The van der Waals surface area contributed by atoms with Gasteiger partial charge in [-0.2, -0.15) is 4.98 Å². The standard InChI is InChI=1S/C11H17N5O2/c1-7-5-9(18-2)15-11(14-7)16-4-3-13-6-8(16)10(12)17/h5,8,13H,3-4,6H2,1-2H3,(H2,12,17). The molecule has 1 unspecified atom stereocenters. The molecule has 0 bridgehead atoms. The summed E-state index contributed by atoms with van der Waals surface area (Å²) in [5.74, 6) is 0.586. The quantitative estimate of drug-likeness (QED) is 0.720. The number of aromatic nitrogens is 2. The summed E-state index contributed by atoms with van der Waals surface area (Å²) in [6.07, 6.45) is 0. The Balaban J connectivity index is 2.33. The number of aryl methyl sites for hydroxylation is 1. The average Bonchev–Trinajstić information content (AvgIpc) is 2.38. The summed E-state index contributed by atoms with van der Waals surface area (Å²) in [7, 11) is 1.55. The molecule has 1 atom stereocenters. The number of methoxy groups -OCH3 is 1. The molecule has 1 aliphatic heterocycles. The Morgan fingerprint density at radius 3 is 3.06 bits per heavy atom. The third-order valence-corrected chi connectivity index (χ3v) is 2.86. The van der Waals surface area contributed by atoms with Crippen LogP contribution in [0.4, 0.5) is 5.95 Å². The molecule has 1 aromatic heterocycles. The van der Waals surface area contributed by atoms with Gasteiger partial charge in [-0.1, -0.05) is 0 Å². The fourth-order valence-corrected chi connectivity index (χ4v) is 1.96. The highest BCUT2D eigenvalue weighted by atomic mass is 16.5. The van der Waals surface area contributed by atoms with E-state index in [9.17, 15) is 4.79 Å². The summed E-state index contributed by atoms with van der Waals surface area (Å²) < 4.78 is 5.11. The van der Waals surface area contributed by atoms with Crippen molar-refractivity contribution in [1.29, 1.82) is 0 Å². The second kappa shape index (κ2) is 5.18. The van der Waals surface area contributed by atoms with E-state index in [0.717, 1.165) is 12.2 Å². The SMILES string of the molecule is COc1cc(C)nc(N2CCNCC2C(N)=O)n1. The number of hydrogen-bond donors (Lipinski definition) is 2. The van der Waals surface area contributed by atoms with Crippen molar-refractivity contribution >= 4 is 11.9 Å². The number of ether oxygens (including phenoxy) is 1. The second-order valence-corrected chi connectivity index (χ2v) is 4.17. The number of amides is 1. The normalized spacial score (nSPS) is 19.7. The summed E-state index contributed by atoms with van der Waals surface area (Å²) in [5.41, 5.74) is 6.19. The number of nitrogens with two attached hydrogens (primary N) is 1. The van der Waals surface area contributed by atoms with Crippen LogP contribution in [0.3, 0.4) is 0 Å². The predicted octanol–water partition coefficient (Wildman–Crippen LogP) is -0.943. The van der Waals surface area contributed by atoms with Crippen LogP contribution in [0.1, 0.15) is 5.69 Å². The number of piperazine rings is 1. The van der Waals surface area contributed by atoms with Crippen LogP contribution < -0.4 is 20.7 Å². The maximum Gasteiger partial charge on any atom is 0.241 e. The summed E-state index contributed by atoms with van der Waals surface area (Å²) in [6, 6.07) is 1.32. The Bertz CT molecular complexity index is 451. The van der Waals surface area contributed by atoms with Gasteiger partial charge in [-0.05, 0) is 6.92 Å². The smallest absolute Gasteiger partial charge is 0.241 e. The zero-order valence-corrected chi connectivity index (χ0v) is 10.5. The predicted molar refractivity (Wildman–Crippen MR) is 66.5 cm³/mol. The number of anilines is 1. The largest absolute Gasteiger partial charge is 0.481 e. The molecular formula is C11H17N5O2. The van der Waals surface area contributed by atoms with Gasteiger partial charge in [0.1, 0.15) is 6.04 Å². The van der Waals surface area contributed by atoms with Crippen LogP contribution in [0, 0.1) is 6.92 Å². The van der Waals surface area contributed by atoms with Gasteiger partial charge in [0.2, 0.25) is 17.7 Å². The molecule has 98 valence electrons. The maximum atomic E-state index is 11.4. The van der Waals surface area contributed by atoms with E-state index in [-0.39, 0.29) is 5.91 Å². The lowest BCUT2D eigenvalue weighted by Crippen LogP contribution is -2.57. The van der Waals surface area contributed by atoms with E-state index in [2.05, 4.69) is 15.3 Å². The molecule has 0 radical (unpaired) electrons. The van der Waals surface area contributed by atoms with Gasteiger partial charge in [0.05, 0.1) is 7.11 Å². The Hall–Kier alpha value is -1.89. The first-order valence-corrected chi connectivity index (χ1v) is 5.78. The van der Waals surface area contributed by atoms with Crippen LogP contribution in [-0.2, 0) is 4.79 Å². The fraction of sp³-hybridized carbons (Fsp3) is 0.545. The van der Waals surface area contributed by atoms with Crippen LogP contribution in [0.25, 0.3) is 0 Å². The second-order valence-electron chi connectivity index (χ2n) is 4.17. The van der Waals surface area contributed by atoms with Crippen LogP contribution in [0.5, 0.6) is 5.88 Å². The van der Waals surface area contributed by atoms with Crippen molar-refractivity contribution in [2.45, 2.75) is 13.0 Å². The van der Waals surface area contributed by atoms with Gasteiger partial charge in [0.25, 0.3) is 0 Å². The van der Waals surface area contributed by atoms with E-state index in [1.54, 1.807) is 13.2 Å². The monoisotopic (exact) mass is 251 g/mol. The van der Waals surface area contributed by atoms with Crippen molar-refractivity contribution in [3.63, 3.8) is 0 Å². The topological polar surface area (TPSA) is 93.4 Å². The molecule has 1 fully saturated rings. The molecule has 3 N–H and O–H groups in total. The molecule has 0 aliphatic carbocycles. The zero-order valence-electron chi connectivity index (χ0n) is 10.5. The molecule has 2 heterocycles. The molecule has 1 aliphatic rings. The highest BCUT2D eigenvalue weighted by Gasteiger charge is 2.29. The minimum absolute atomic E-state index is 0.383. The molecule has 0 saturated carbocycles. The number of carbonyl (C=O) groups is 1. The molecule has 7 heteroatoms. The summed E-state index contributed by atoms with van der Waals surface area (Å²) in [5, 5.41) is 3.13. The van der Waals surface area contributed by atoms with Crippen LogP contribution in [0.2, 0.25) is 0 Å². The van der Waals surface area contributed by atoms with Crippen LogP contribution in [-0.4, -0.2) is 48.7 Å². The first-order valence-electron chi connectivity index (χ1n) is 5.78. The molecule has 1 amide bonds. The van der Waals surface area contributed by atoms with Gasteiger partial charge in [0, 0.05) is 31.4 Å². The lowest BCUT2D eigenvalue weighted by Gasteiger charge is -2.34. The van der Waals surface area contributed by atoms with Gasteiger partial charge < -0.3 is 20.7 Å². The Morgan fingerprint density at radius 2 is 2.39 bits per heavy atom. The Kier molecular flexibility index (Phi) is 3.61. The molecule has 7 nitrogen and oxygen atoms in total. The van der Waals surface area contributed by atoms with Gasteiger partial charge in [0.15, 0.2) is 0 Å². The van der Waals surface area contributed by atoms with E-state index in [1.807, 2.05) is 11.8 Å². The summed E-state index contributed by atoms with van der Waals surface area (Å²) >= 11 is 0. The van der Waals surface area contributed by atoms with E-state index in [1.165, 1.54) is 0 Å². The fourth-order valence-electron chi connectivity index (χ4n) is 1.96. The van der Waals surface area contributed by atoms with Crippen LogP contribution >= 0.6 is 0 Å². The lowest BCUT2D eigenvalue weighted by atomic mass is 10.2. The molecule has 1 aromatic rings. The molecule has 0 spiro atoms. The number of nitrogens with zero attached hydrogens (tertiary/aromatic N) is 3. The van der Waals surface area contributed by atoms with Crippen molar-refractivity contribution in [2.75, 3.05) is 31.6 Å². The molecule has 2 rings (SSSR count). The highest BCUT2D eigenvalue weighted by molar-refractivity contribution is 5.83. The first-order chi connectivity index (χ1) is 8.61.